The Kier molecular flexibility index (Phi) is 6.24. The van der Waals surface area contributed by atoms with Crippen molar-refractivity contribution in [3.8, 4) is 0 Å². The molecular weight excluding hydrogens is 282 g/mol. The Morgan fingerprint density at radius 1 is 1.38 bits per heavy atom. The molecule has 0 aromatic carbocycles. The van der Waals surface area contributed by atoms with Gasteiger partial charge in [-0.25, -0.2) is 0 Å². The molecule has 1 aliphatic rings. The van der Waals surface area contributed by atoms with Crippen LogP contribution < -0.4 is 5.32 Å². The lowest BCUT2D eigenvalue weighted by Crippen LogP contribution is -2.35. The van der Waals surface area contributed by atoms with Crippen molar-refractivity contribution in [2.45, 2.75) is 52.4 Å². The van der Waals surface area contributed by atoms with Gasteiger partial charge in [-0.05, 0) is 49.7 Å². The zero-order chi connectivity index (χ0) is 15.2. The van der Waals surface area contributed by atoms with E-state index in [0.29, 0.717) is 18.4 Å². The van der Waals surface area contributed by atoms with E-state index >= 15 is 0 Å². The minimum atomic E-state index is 0.0488. The average Bonchev–Trinajstić information content (AvgIpc) is 2.87. The SMILES string of the molecule is CCCc1cc(C(=O)NCC2CCCCC2CO)sc1C. The Hall–Kier alpha value is -0.870. The Balaban J connectivity index is 1.90. The molecule has 1 aromatic heterocycles. The Labute approximate surface area is 131 Å². The van der Waals surface area contributed by atoms with Gasteiger partial charge in [-0.3, -0.25) is 4.79 Å². The first kappa shape index (κ1) is 16.5. The summed E-state index contributed by atoms with van der Waals surface area (Å²) in [4.78, 5) is 14.4. The first-order valence-electron chi connectivity index (χ1n) is 8.14. The lowest BCUT2D eigenvalue weighted by Gasteiger charge is -2.30. The number of nitrogens with one attached hydrogen (secondary N) is 1. The molecule has 0 aliphatic heterocycles. The summed E-state index contributed by atoms with van der Waals surface area (Å²) in [5, 5.41) is 12.5. The van der Waals surface area contributed by atoms with Crippen molar-refractivity contribution in [2.24, 2.45) is 11.8 Å². The second-order valence-corrected chi connectivity index (χ2v) is 7.40. The monoisotopic (exact) mass is 309 g/mol. The van der Waals surface area contributed by atoms with E-state index in [-0.39, 0.29) is 12.5 Å². The van der Waals surface area contributed by atoms with E-state index in [1.165, 1.54) is 23.3 Å². The van der Waals surface area contributed by atoms with Crippen LogP contribution in [0.5, 0.6) is 0 Å². The number of carbonyl (C=O) groups excluding carboxylic acids is 1. The highest BCUT2D eigenvalue weighted by atomic mass is 32.1. The number of hydrogen-bond donors (Lipinski definition) is 2. The maximum absolute atomic E-state index is 12.3. The lowest BCUT2D eigenvalue weighted by atomic mass is 9.79. The van der Waals surface area contributed by atoms with Crippen LogP contribution in [0.4, 0.5) is 0 Å². The van der Waals surface area contributed by atoms with Crippen LogP contribution in [-0.2, 0) is 6.42 Å². The molecule has 2 atom stereocenters. The van der Waals surface area contributed by atoms with E-state index in [1.807, 2.05) is 6.07 Å². The van der Waals surface area contributed by atoms with Gasteiger partial charge in [0.15, 0.2) is 0 Å². The van der Waals surface area contributed by atoms with E-state index in [0.717, 1.165) is 30.6 Å². The Bertz CT molecular complexity index is 469. The van der Waals surface area contributed by atoms with E-state index < -0.39 is 0 Å². The first-order chi connectivity index (χ1) is 10.2. The highest BCUT2D eigenvalue weighted by molar-refractivity contribution is 7.14. The molecule has 3 nitrogen and oxygen atoms in total. The van der Waals surface area contributed by atoms with Gasteiger partial charge in [0.2, 0.25) is 0 Å². The summed E-state index contributed by atoms with van der Waals surface area (Å²) in [5.74, 6) is 0.844. The van der Waals surface area contributed by atoms with Gasteiger partial charge in [0.05, 0.1) is 4.88 Å². The number of thiophene rings is 1. The minimum absolute atomic E-state index is 0.0488. The van der Waals surface area contributed by atoms with Gasteiger partial charge in [-0.15, -0.1) is 11.3 Å². The summed E-state index contributed by atoms with van der Waals surface area (Å²) in [6.45, 7) is 5.20. The number of hydrogen-bond acceptors (Lipinski definition) is 3. The van der Waals surface area contributed by atoms with Crippen LogP contribution in [0.1, 0.15) is 59.1 Å². The van der Waals surface area contributed by atoms with E-state index in [1.54, 1.807) is 11.3 Å². The molecule has 1 aromatic rings. The lowest BCUT2D eigenvalue weighted by molar-refractivity contribution is 0.0913. The second kappa shape index (κ2) is 7.95. The molecule has 2 unspecified atom stereocenters. The molecule has 1 aliphatic carbocycles. The highest BCUT2D eigenvalue weighted by Gasteiger charge is 2.25. The molecule has 1 amide bonds. The van der Waals surface area contributed by atoms with E-state index in [2.05, 4.69) is 19.2 Å². The third-order valence-electron chi connectivity index (χ3n) is 4.59. The van der Waals surface area contributed by atoms with Crippen LogP contribution in [0.25, 0.3) is 0 Å². The van der Waals surface area contributed by atoms with Crippen molar-refractivity contribution in [3.63, 3.8) is 0 Å². The molecule has 118 valence electrons. The van der Waals surface area contributed by atoms with Crippen molar-refractivity contribution in [3.05, 3.63) is 21.4 Å². The van der Waals surface area contributed by atoms with Gasteiger partial charge in [-0.1, -0.05) is 26.2 Å². The van der Waals surface area contributed by atoms with Crippen molar-refractivity contribution < 1.29 is 9.90 Å². The van der Waals surface area contributed by atoms with Gasteiger partial charge in [0, 0.05) is 18.0 Å². The van der Waals surface area contributed by atoms with Crippen LogP contribution in [-0.4, -0.2) is 24.2 Å². The number of aryl methyl sites for hydroxylation is 2. The summed E-state index contributed by atoms with van der Waals surface area (Å²) in [6, 6.07) is 2.04. The quantitative estimate of drug-likeness (QED) is 0.844. The van der Waals surface area contributed by atoms with Crippen molar-refractivity contribution in [1.29, 1.82) is 0 Å². The predicted octanol–water partition coefficient (Wildman–Crippen LogP) is 3.54. The van der Waals surface area contributed by atoms with Crippen molar-refractivity contribution in [1.82, 2.24) is 5.32 Å². The summed E-state index contributed by atoms with van der Waals surface area (Å²) in [6.07, 6.45) is 6.80. The maximum Gasteiger partial charge on any atom is 0.261 e. The number of rotatable bonds is 6. The van der Waals surface area contributed by atoms with Gasteiger partial charge in [0.25, 0.3) is 5.91 Å². The average molecular weight is 309 g/mol. The summed E-state index contributed by atoms with van der Waals surface area (Å²) in [7, 11) is 0. The fraction of sp³-hybridized carbons (Fsp3) is 0.706. The zero-order valence-corrected chi connectivity index (χ0v) is 14.0. The predicted molar refractivity (Wildman–Crippen MR) is 87.9 cm³/mol. The second-order valence-electron chi connectivity index (χ2n) is 6.14. The van der Waals surface area contributed by atoms with Gasteiger partial charge in [-0.2, -0.15) is 0 Å². The Morgan fingerprint density at radius 2 is 2.10 bits per heavy atom. The standard InChI is InChI=1S/C17H27NO2S/c1-3-6-13-9-16(21-12(13)2)17(20)18-10-14-7-4-5-8-15(14)11-19/h9,14-15,19H,3-8,10-11H2,1-2H3,(H,18,20). The summed E-state index contributed by atoms with van der Waals surface area (Å²) >= 11 is 1.59. The molecule has 1 heterocycles. The fourth-order valence-electron chi connectivity index (χ4n) is 3.25. The molecule has 0 bridgehead atoms. The van der Waals surface area contributed by atoms with Crippen molar-refractivity contribution in [2.75, 3.05) is 13.2 Å². The zero-order valence-electron chi connectivity index (χ0n) is 13.2. The number of carbonyl (C=O) groups is 1. The topological polar surface area (TPSA) is 49.3 Å². The number of aliphatic hydroxyl groups excluding tert-OH is 1. The molecule has 2 rings (SSSR count). The molecule has 1 fully saturated rings. The maximum atomic E-state index is 12.3. The molecule has 4 heteroatoms. The van der Waals surface area contributed by atoms with Crippen LogP contribution in [0.2, 0.25) is 0 Å². The number of aliphatic hydroxyl groups is 1. The fourth-order valence-corrected chi connectivity index (χ4v) is 4.24. The molecule has 2 N–H and O–H groups in total. The smallest absolute Gasteiger partial charge is 0.261 e. The molecule has 0 radical (unpaired) electrons. The molecule has 0 spiro atoms. The highest BCUT2D eigenvalue weighted by Crippen LogP contribution is 2.29. The van der Waals surface area contributed by atoms with Crippen LogP contribution in [0.15, 0.2) is 6.07 Å². The molecule has 21 heavy (non-hydrogen) atoms. The Morgan fingerprint density at radius 3 is 2.76 bits per heavy atom. The number of amides is 1. The van der Waals surface area contributed by atoms with Gasteiger partial charge < -0.3 is 10.4 Å². The van der Waals surface area contributed by atoms with Crippen molar-refractivity contribution >= 4 is 17.2 Å². The van der Waals surface area contributed by atoms with Crippen LogP contribution in [0.3, 0.4) is 0 Å². The third kappa shape index (κ3) is 4.30. The van der Waals surface area contributed by atoms with E-state index in [4.69, 9.17) is 0 Å². The van der Waals surface area contributed by atoms with Crippen LogP contribution in [0, 0.1) is 18.8 Å². The first-order valence-corrected chi connectivity index (χ1v) is 8.95. The third-order valence-corrected chi connectivity index (χ3v) is 5.68. The van der Waals surface area contributed by atoms with Crippen LogP contribution >= 0.6 is 11.3 Å². The van der Waals surface area contributed by atoms with Gasteiger partial charge in [0.1, 0.15) is 0 Å². The summed E-state index contributed by atoms with van der Waals surface area (Å²) in [5.41, 5.74) is 1.30. The minimum Gasteiger partial charge on any atom is -0.396 e. The van der Waals surface area contributed by atoms with E-state index in [9.17, 15) is 9.90 Å². The summed E-state index contributed by atoms with van der Waals surface area (Å²) < 4.78 is 0. The molecular formula is C17H27NO2S. The normalized spacial score (nSPS) is 22.2. The molecule has 0 saturated heterocycles. The largest absolute Gasteiger partial charge is 0.396 e. The van der Waals surface area contributed by atoms with Gasteiger partial charge >= 0.3 is 0 Å². The molecule has 1 saturated carbocycles.